The van der Waals surface area contributed by atoms with Crippen molar-refractivity contribution in [2.75, 3.05) is 11.9 Å². The van der Waals surface area contributed by atoms with E-state index in [1.165, 1.54) is 0 Å². The second kappa shape index (κ2) is 7.78. The molecule has 5 nitrogen and oxygen atoms in total. The first kappa shape index (κ1) is 17.2. The number of carbonyl (C=O) groups is 2. The number of aryl methyl sites for hydroxylation is 1. The molecular weight excluding hydrogens is 266 g/mol. The van der Waals surface area contributed by atoms with Crippen molar-refractivity contribution in [2.45, 2.75) is 40.2 Å². The largest absolute Gasteiger partial charge is 0.352 e. The van der Waals surface area contributed by atoms with Crippen molar-refractivity contribution in [2.24, 2.45) is 11.7 Å². The molecule has 1 rings (SSSR count). The van der Waals surface area contributed by atoms with Crippen molar-refractivity contribution in [3.63, 3.8) is 0 Å². The van der Waals surface area contributed by atoms with E-state index in [0.29, 0.717) is 30.1 Å². The fourth-order valence-corrected chi connectivity index (χ4v) is 1.71. The normalized spacial score (nSPS) is 12.1. The Morgan fingerprint density at radius 3 is 2.52 bits per heavy atom. The van der Waals surface area contributed by atoms with Gasteiger partial charge in [-0.05, 0) is 37.0 Å². The smallest absolute Gasteiger partial charge is 0.251 e. The molecule has 0 bridgehead atoms. The minimum Gasteiger partial charge on any atom is -0.352 e. The molecule has 0 saturated carbocycles. The van der Waals surface area contributed by atoms with E-state index in [9.17, 15) is 9.59 Å². The summed E-state index contributed by atoms with van der Waals surface area (Å²) in [6.45, 7) is 8.42. The summed E-state index contributed by atoms with van der Waals surface area (Å²) in [7, 11) is 0. The first-order valence-corrected chi connectivity index (χ1v) is 7.30. The number of hydrogen-bond donors (Lipinski definition) is 3. The lowest BCUT2D eigenvalue weighted by molar-refractivity contribution is -0.117. The van der Waals surface area contributed by atoms with Crippen LogP contribution in [0.3, 0.4) is 0 Å². The summed E-state index contributed by atoms with van der Waals surface area (Å²) in [6, 6.07) is 4.71. The summed E-state index contributed by atoms with van der Waals surface area (Å²) >= 11 is 0. The number of nitrogens with two attached hydrogens (primary N) is 1. The average molecular weight is 291 g/mol. The van der Waals surface area contributed by atoms with Gasteiger partial charge in [0.05, 0.1) is 6.04 Å². The molecule has 0 heterocycles. The highest BCUT2D eigenvalue weighted by atomic mass is 16.2. The molecule has 0 aliphatic heterocycles. The highest BCUT2D eigenvalue weighted by molar-refractivity contribution is 5.99. The number of nitrogens with one attached hydrogen (secondary N) is 2. The second-order valence-electron chi connectivity index (χ2n) is 5.64. The lowest BCUT2D eigenvalue weighted by Gasteiger charge is -2.14. The Hall–Kier alpha value is -1.88. The van der Waals surface area contributed by atoms with E-state index in [1.54, 1.807) is 12.1 Å². The van der Waals surface area contributed by atoms with Crippen molar-refractivity contribution >= 4 is 17.5 Å². The minimum atomic E-state index is -0.539. The third-order valence-electron chi connectivity index (χ3n) is 3.21. The lowest BCUT2D eigenvalue weighted by atomic mass is 10.1. The van der Waals surface area contributed by atoms with Crippen LogP contribution in [0.15, 0.2) is 18.2 Å². The van der Waals surface area contributed by atoms with Crippen LogP contribution in [-0.2, 0) is 4.79 Å². The zero-order valence-corrected chi connectivity index (χ0v) is 13.2. The first-order valence-electron chi connectivity index (χ1n) is 7.30. The van der Waals surface area contributed by atoms with Gasteiger partial charge in [0.25, 0.3) is 5.91 Å². The molecule has 5 heteroatoms. The van der Waals surface area contributed by atoms with Crippen molar-refractivity contribution in [1.82, 2.24) is 5.32 Å². The molecule has 0 radical (unpaired) electrons. The van der Waals surface area contributed by atoms with Crippen LogP contribution in [0.1, 0.15) is 43.1 Å². The van der Waals surface area contributed by atoms with E-state index < -0.39 is 6.04 Å². The third-order valence-corrected chi connectivity index (χ3v) is 3.21. The van der Waals surface area contributed by atoms with Gasteiger partial charge >= 0.3 is 0 Å². The fourth-order valence-electron chi connectivity index (χ4n) is 1.71. The molecule has 21 heavy (non-hydrogen) atoms. The van der Waals surface area contributed by atoms with Crippen molar-refractivity contribution in [3.8, 4) is 0 Å². The monoisotopic (exact) mass is 291 g/mol. The van der Waals surface area contributed by atoms with Crippen LogP contribution in [0, 0.1) is 12.8 Å². The number of rotatable bonds is 6. The van der Waals surface area contributed by atoms with Gasteiger partial charge in [0.15, 0.2) is 0 Å². The maximum Gasteiger partial charge on any atom is 0.251 e. The molecule has 4 N–H and O–H groups in total. The van der Waals surface area contributed by atoms with Crippen LogP contribution < -0.4 is 16.4 Å². The molecule has 1 aromatic rings. The van der Waals surface area contributed by atoms with Gasteiger partial charge in [0.2, 0.25) is 5.91 Å². The Kier molecular flexibility index (Phi) is 6.37. The number of amides is 2. The quantitative estimate of drug-likeness (QED) is 0.750. The summed E-state index contributed by atoms with van der Waals surface area (Å²) in [5.41, 5.74) is 7.75. The van der Waals surface area contributed by atoms with E-state index in [4.69, 9.17) is 5.73 Å². The molecule has 0 saturated heterocycles. The standard InChI is InChI=1S/C16H25N3O2/c1-5-13(17)16(21)19-14-8-12(7-6-11(14)4)15(20)18-9-10(2)3/h6-8,10,13H,5,9,17H2,1-4H3,(H,18,20)(H,19,21)/t13-/m0/s1. The van der Waals surface area contributed by atoms with Gasteiger partial charge in [0, 0.05) is 17.8 Å². The Morgan fingerprint density at radius 2 is 1.95 bits per heavy atom. The van der Waals surface area contributed by atoms with Crippen LogP contribution in [0.2, 0.25) is 0 Å². The Labute approximate surface area is 126 Å². The molecule has 2 amide bonds. The highest BCUT2D eigenvalue weighted by Gasteiger charge is 2.14. The van der Waals surface area contributed by atoms with Crippen LogP contribution in [-0.4, -0.2) is 24.4 Å². The lowest BCUT2D eigenvalue weighted by Crippen LogP contribution is -2.35. The van der Waals surface area contributed by atoms with Crippen LogP contribution in [0.25, 0.3) is 0 Å². The van der Waals surface area contributed by atoms with Crippen LogP contribution in [0.5, 0.6) is 0 Å². The van der Waals surface area contributed by atoms with Crippen LogP contribution >= 0.6 is 0 Å². The van der Waals surface area contributed by atoms with Crippen molar-refractivity contribution in [1.29, 1.82) is 0 Å². The predicted octanol–water partition coefficient (Wildman–Crippen LogP) is 2.06. The molecule has 1 atom stereocenters. The van der Waals surface area contributed by atoms with Crippen molar-refractivity contribution in [3.05, 3.63) is 29.3 Å². The molecule has 0 spiro atoms. The van der Waals surface area contributed by atoms with Gasteiger partial charge in [-0.2, -0.15) is 0 Å². The molecule has 0 aromatic heterocycles. The maximum absolute atomic E-state index is 12.0. The average Bonchev–Trinajstić information content (AvgIpc) is 2.45. The number of benzene rings is 1. The van der Waals surface area contributed by atoms with Gasteiger partial charge in [-0.3, -0.25) is 9.59 Å². The molecule has 0 fully saturated rings. The molecule has 116 valence electrons. The number of carbonyl (C=O) groups excluding carboxylic acids is 2. The van der Waals surface area contributed by atoms with E-state index in [-0.39, 0.29) is 11.8 Å². The van der Waals surface area contributed by atoms with Gasteiger partial charge in [0.1, 0.15) is 0 Å². The van der Waals surface area contributed by atoms with E-state index in [2.05, 4.69) is 10.6 Å². The summed E-state index contributed by atoms with van der Waals surface area (Å²) in [4.78, 5) is 23.9. The topological polar surface area (TPSA) is 84.2 Å². The summed E-state index contributed by atoms with van der Waals surface area (Å²) in [6.07, 6.45) is 0.569. The summed E-state index contributed by atoms with van der Waals surface area (Å²) in [5, 5.41) is 5.63. The zero-order valence-electron chi connectivity index (χ0n) is 13.2. The second-order valence-corrected chi connectivity index (χ2v) is 5.64. The third kappa shape index (κ3) is 5.19. The SMILES string of the molecule is CC[C@H](N)C(=O)Nc1cc(C(=O)NCC(C)C)ccc1C. The van der Waals surface area contributed by atoms with E-state index >= 15 is 0 Å². The molecule has 0 unspecified atom stereocenters. The fraction of sp³-hybridized carbons (Fsp3) is 0.500. The Bertz CT molecular complexity index is 512. The van der Waals surface area contributed by atoms with Crippen molar-refractivity contribution < 1.29 is 9.59 Å². The van der Waals surface area contributed by atoms with Gasteiger partial charge in [-0.15, -0.1) is 0 Å². The summed E-state index contributed by atoms with van der Waals surface area (Å²) in [5.74, 6) is 0.0143. The molecule has 0 aliphatic carbocycles. The first-order chi connectivity index (χ1) is 9.85. The Morgan fingerprint density at radius 1 is 1.29 bits per heavy atom. The number of hydrogen-bond acceptors (Lipinski definition) is 3. The maximum atomic E-state index is 12.0. The minimum absolute atomic E-state index is 0.140. The van der Waals surface area contributed by atoms with E-state index in [1.807, 2.05) is 33.8 Å². The van der Waals surface area contributed by atoms with Crippen LogP contribution in [0.4, 0.5) is 5.69 Å². The summed E-state index contributed by atoms with van der Waals surface area (Å²) < 4.78 is 0. The number of anilines is 1. The van der Waals surface area contributed by atoms with Gasteiger partial charge in [-0.25, -0.2) is 0 Å². The molecule has 1 aromatic carbocycles. The van der Waals surface area contributed by atoms with Gasteiger partial charge in [-0.1, -0.05) is 26.8 Å². The van der Waals surface area contributed by atoms with E-state index in [0.717, 1.165) is 5.56 Å². The predicted molar refractivity (Wildman–Crippen MR) is 85.2 cm³/mol. The highest BCUT2D eigenvalue weighted by Crippen LogP contribution is 2.17. The zero-order chi connectivity index (χ0) is 16.0. The molecular formula is C16H25N3O2. The molecule has 0 aliphatic rings. The van der Waals surface area contributed by atoms with Gasteiger partial charge < -0.3 is 16.4 Å². The Balaban J connectivity index is 2.84.